The summed E-state index contributed by atoms with van der Waals surface area (Å²) in [7, 11) is 4.03. The van der Waals surface area contributed by atoms with Crippen LogP contribution >= 0.6 is 35.3 Å². The van der Waals surface area contributed by atoms with Crippen LogP contribution in [0.4, 0.5) is 4.39 Å². The number of guanidine groups is 1. The highest BCUT2D eigenvalue weighted by Gasteiger charge is 2.14. The molecule has 0 amide bonds. The summed E-state index contributed by atoms with van der Waals surface area (Å²) in [6.07, 6.45) is 0.983. The molecule has 0 spiro atoms. The van der Waals surface area contributed by atoms with Gasteiger partial charge < -0.3 is 15.5 Å². The second-order valence-electron chi connectivity index (χ2n) is 6.01. The number of aliphatic imine (C=N–C) groups is 1. The molecule has 0 aliphatic rings. The highest BCUT2D eigenvalue weighted by molar-refractivity contribution is 14.0. The van der Waals surface area contributed by atoms with Gasteiger partial charge >= 0.3 is 0 Å². The van der Waals surface area contributed by atoms with Crippen LogP contribution in [0.1, 0.15) is 23.4 Å². The maximum Gasteiger partial charge on any atom is 0.191 e. The lowest BCUT2D eigenvalue weighted by molar-refractivity contribution is 0.306. The number of hydrogen-bond acceptors (Lipinski definition) is 3. The summed E-state index contributed by atoms with van der Waals surface area (Å²) in [6.45, 7) is 4.32. The molecule has 2 aromatic rings. The van der Waals surface area contributed by atoms with Crippen LogP contribution in [0.25, 0.3) is 0 Å². The third-order valence-electron chi connectivity index (χ3n) is 3.89. The first kappa shape index (κ1) is 22.9. The van der Waals surface area contributed by atoms with Crippen molar-refractivity contribution >= 4 is 41.3 Å². The Morgan fingerprint density at radius 3 is 2.50 bits per heavy atom. The van der Waals surface area contributed by atoms with E-state index in [2.05, 4.69) is 40.0 Å². The Balaban J connectivity index is 0.00000338. The second kappa shape index (κ2) is 12.2. The van der Waals surface area contributed by atoms with Crippen molar-refractivity contribution in [1.82, 2.24) is 15.5 Å². The van der Waals surface area contributed by atoms with Crippen molar-refractivity contribution in [2.45, 2.75) is 19.4 Å². The molecule has 1 unspecified atom stereocenters. The van der Waals surface area contributed by atoms with Gasteiger partial charge in [0.05, 0.1) is 12.6 Å². The molecule has 26 heavy (non-hydrogen) atoms. The molecule has 1 aromatic heterocycles. The Bertz CT molecular complexity index is 644. The van der Waals surface area contributed by atoms with Gasteiger partial charge in [-0.2, -0.15) is 0 Å². The van der Waals surface area contributed by atoms with E-state index in [0.717, 1.165) is 31.0 Å². The van der Waals surface area contributed by atoms with Gasteiger partial charge in [-0.25, -0.2) is 4.39 Å². The number of nitrogens with zero attached hydrogens (tertiary/aromatic N) is 2. The van der Waals surface area contributed by atoms with Gasteiger partial charge in [-0.1, -0.05) is 18.2 Å². The van der Waals surface area contributed by atoms with E-state index < -0.39 is 0 Å². The SMILES string of the molecule is CCNC(=NCC(c1ccc(F)cc1)N(C)C)NCCc1cccs1.I. The van der Waals surface area contributed by atoms with Crippen LogP contribution in [0.2, 0.25) is 0 Å². The number of nitrogens with one attached hydrogen (secondary N) is 2. The van der Waals surface area contributed by atoms with E-state index >= 15 is 0 Å². The first-order chi connectivity index (χ1) is 12.1. The Labute approximate surface area is 176 Å². The monoisotopic (exact) mass is 490 g/mol. The fourth-order valence-corrected chi connectivity index (χ4v) is 3.24. The number of halogens is 2. The summed E-state index contributed by atoms with van der Waals surface area (Å²) in [5.74, 6) is 0.598. The van der Waals surface area contributed by atoms with E-state index in [1.807, 2.05) is 26.2 Å². The molecule has 0 bridgehead atoms. The lowest BCUT2D eigenvalue weighted by Gasteiger charge is -2.23. The summed E-state index contributed by atoms with van der Waals surface area (Å²) in [4.78, 5) is 8.18. The van der Waals surface area contributed by atoms with Gasteiger partial charge in [-0.3, -0.25) is 4.99 Å². The molecule has 0 radical (unpaired) electrons. The Kier molecular flexibility index (Phi) is 10.8. The number of likely N-dealkylation sites (N-methyl/N-ethyl adjacent to an activating group) is 1. The van der Waals surface area contributed by atoms with Crippen LogP contribution in [-0.4, -0.2) is 44.6 Å². The molecular formula is C19H28FIN4S. The summed E-state index contributed by atoms with van der Waals surface area (Å²) in [5.41, 5.74) is 1.06. The largest absolute Gasteiger partial charge is 0.357 e. The van der Waals surface area contributed by atoms with Crippen molar-refractivity contribution in [1.29, 1.82) is 0 Å². The van der Waals surface area contributed by atoms with Gasteiger partial charge in [0.2, 0.25) is 0 Å². The molecule has 0 saturated carbocycles. The quantitative estimate of drug-likeness (QED) is 0.335. The molecule has 2 N–H and O–H groups in total. The number of benzene rings is 1. The first-order valence-corrected chi connectivity index (χ1v) is 9.44. The van der Waals surface area contributed by atoms with Crippen LogP contribution in [0.15, 0.2) is 46.8 Å². The third-order valence-corrected chi connectivity index (χ3v) is 4.82. The molecular weight excluding hydrogens is 462 g/mol. The highest BCUT2D eigenvalue weighted by Crippen LogP contribution is 2.19. The van der Waals surface area contributed by atoms with E-state index in [0.29, 0.717) is 6.54 Å². The van der Waals surface area contributed by atoms with E-state index in [1.165, 1.54) is 17.0 Å². The van der Waals surface area contributed by atoms with Gasteiger partial charge in [0.1, 0.15) is 5.82 Å². The molecule has 4 nitrogen and oxygen atoms in total. The summed E-state index contributed by atoms with van der Waals surface area (Å²) in [5, 5.41) is 8.76. The minimum atomic E-state index is -0.215. The van der Waals surface area contributed by atoms with E-state index in [9.17, 15) is 4.39 Å². The fraction of sp³-hybridized carbons (Fsp3) is 0.421. The first-order valence-electron chi connectivity index (χ1n) is 8.56. The fourth-order valence-electron chi connectivity index (χ4n) is 2.53. The predicted octanol–water partition coefficient (Wildman–Crippen LogP) is 3.91. The zero-order chi connectivity index (χ0) is 18.1. The molecule has 0 aliphatic heterocycles. The molecule has 0 saturated heterocycles. The van der Waals surface area contributed by atoms with Crippen LogP contribution in [0, 0.1) is 5.82 Å². The normalized spacial score (nSPS) is 12.6. The van der Waals surface area contributed by atoms with Crippen LogP contribution in [0.3, 0.4) is 0 Å². The van der Waals surface area contributed by atoms with Gasteiger partial charge in [0, 0.05) is 18.0 Å². The lowest BCUT2D eigenvalue weighted by atomic mass is 10.1. The minimum Gasteiger partial charge on any atom is -0.357 e. The standard InChI is InChI=1S/C19H27FN4S.HI/c1-4-21-19(22-12-11-17-6-5-13-25-17)23-14-18(24(2)3)15-7-9-16(20)10-8-15;/h5-10,13,18H,4,11-12,14H2,1-3H3,(H2,21,22,23);1H. The van der Waals surface area contributed by atoms with Crippen molar-refractivity contribution < 1.29 is 4.39 Å². The summed E-state index contributed by atoms with van der Waals surface area (Å²) >= 11 is 1.77. The highest BCUT2D eigenvalue weighted by atomic mass is 127. The predicted molar refractivity (Wildman–Crippen MR) is 120 cm³/mol. The van der Waals surface area contributed by atoms with Crippen molar-refractivity contribution in [2.75, 3.05) is 33.7 Å². The number of thiophene rings is 1. The zero-order valence-electron chi connectivity index (χ0n) is 15.5. The van der Waals surface area contributed by atoms with E-state index in [-0.39, 0.29) is 35.8 Å². The minimum absolute atomic E-state index is 0. The van der Waals surface area contributed by atoms with Crippen molar-refractivity contribution in [3.8, 4) is 0 Å². The van der Waals surface area contributed by atoms with Gasteiger partial charge in [0.15, 0.2) is 5.96 Å². The molecule has 144 valence electrons. The Morgan fingerprint density at radius 1 is 1.19 bits per heavy atom. The Morgan fingerprint density at radius 2 is 1.92 bits per heavy atom. The molecule has 1 heterocycles. The zero-order valence-corrected chi connectivity index (χ0v) is 18.7. The van der Waals surface area contributed by atoms with Crippen molar-refractivity contribution in [3.63, 3.8) is 0 Å². The van der Waals surface area contributed by atoms with E-state index in [1.54, 1.807) is 11.3 Å². The van der Waals surface area contributed by atoms with Crippen LogP contribution in [0.5, 0.6) is 0 Å². The number of rotatable bonds is 8. The third kappa shape index (κ3) is 7.59. The molecule has 0 aliphatic carbocycles. The summed E-state index contributed by atoms with van der Waals surface area (Å²) in [6, 6.07) is 11.0. The second-order valence-corrected chi connectivity index (χ2v) is 7.04. The topological polar surface area (TPSA) is 39.7 Å². The molecule has 0 fully saturated rings. The van der Waals surface area contributed by atoms with Gasteiger partial charge in [-0.05, 0) is 56.6 Å². The van der Waals surface area contributed by atoms with Gasteiger partial charge in [-0.15, -0.1) is 35.3 Å². The summed E-state index contributed by atoms with van der Waals surface area (Å²) < 4.78 is 13.2. The van der Waals surface area contributed by atoms with Crippen molar-refractivity contribution in [3.05, 3.63) is 58.0 Å². The smallest absolute Gasteiger partial charge is 0.191 e. The lowest BCUT2D eigenvalue weighted by Crippen LogP contribution is -2.39. The van der Waals surface area contributed by atoms with Crippen molar-refractivity contribution in [2.24, 2.45) is 4.99 Å². The van der Waals surface area contributed by atoms with Crippen LogP contribution in [-0.2, 0) is 6.42 Å². The number of hydrogen-bond donors (Lipinski definition) is 2. The molecule has 2 rings (SSSR count). The maximum absolute atomic E-state index is 13.2. The van der Waals surface area contributed by atoms with Gasteiger partial charge in [0.25, 0.3) is 0 Å². The van der Waals surface area contributed by atoms with Crippen LogP contribution < -0.4 is 10.6 Å². The Hall–Kier alpha value is -1.19. The van der Waals surface area contributed by atoms with E-state index in [4.69, 9.17) is 4.99 Å². The average Bonchev–Trinajstić information content (AvgIpc) is 3.09. The molecule has 1 aromatic carbocycles. The molecule has 1 atom stereocenters. The maximum atomic E-state index is 13.2. The average molecular weight is 490 g/mol. The molecule has 7 heteroatoms.